The van der Waals surface area contributed by atoms with Gasteiger partial charge in [0.25, 0.3) is 0 Å². The third-order valence-electron chi connectivity index (χ3n) is 3.43. The zero-order valence-corrected chi connectivity index (χ0v) is 17.9. The molecule has 0 fully saturated rings. The summed E-state index contributed by atoms with van der Waals surface area (Å²) in [6.07, 6.45) is -4.19. The first kappa shape index (κ1) is 24.8. The van der Waals surface area contributed by atoms with Crippen LogP contribution in [-0.2, 0) is 6.54 Å². The van der Waals surface area contributed by atoms with Crippen LogP contribution in [0, 0.1) is 6.92 Å². The molecule has 0 heterocycles. The fourth-order valence-electron chi connectivity index (χ4n) is 2.24. The van der Waals surface area contributed by atoms with Crippen LogP contribution in [0.1, 0.15) is 18.1 Å². The molecule has 0 amide bonds. The van der Waals surface area contributed by atoms with Crippen LogP contribution in [0.5, 0.6) is 5.75 Å². The summed E-state index contributed by atoms with van der Waals surface area (Å²) in [7, 11) is 3.05. The van der Waals surface area contributed by atoms with Crippen LogP contribution in [0.3, 0.4) is 0 Å². The number of ether oxygens (including phenoxy) is 1. The molecule has 0 atom stereocenters. The third kappa shape index (κ3) is 10.0. The maximum Gasteiger partial charge on any atom is 0.401 e. The van der Waals surface area contributed by atoms with Crippen molar-refractivity contribution in [2.45, 2.75) is 26.6 Å². The maximum atomic E-state index is 12.3. The predicted octanol–water partition coefficient (Wildman–Crippen LogP) is 3.17. The summed E-state index contributed by atoms with van der Waals surface area (Å²) in [6, 6.07) is 5.88. The highest BCUT2D eigenvalue weighted by Gasteiger charge is 2.28. The van der Waals surface area contributed by atoms with Gasteiger partial charge in [-0.25, -0.2) is 4.99 Å². The third-order valence-corrected chi connectivity index (χ3v) is 3.43. The van der Waals surface area contributed by atoms with Gasteiger partial charge in [0, 0.05) is 25.2 Å². The molecule has 26 heavy (non-hydrogen) atoms. The topological polar surface area (TPSA) is 48.9 Å². The van der Waals surface area contributed by atoms with E-state index in [1.807, 2.05) is 32.0 Å². The van der Waals surface area contributed by atoms with E-state index >= 15 is 0 Å². The fourth-order valence-corrected chi connectivity index (χ4v) is 2.24. The number of aryl methyl sites for hydroxylation is 1. The molecule has 0 saturated carbocycles. The monoisotopic (exact) mass is 488 g/mol. The summed E-state index contributed by atoms with van der Waals surface area (Å²) in [4.78, 5) is 5.69. The van der Waals surface area contributed by atoms with E-state index < -0.39 is 12.7 Å². The van der Waals surface area contributed by atoms with Gasteiger partial charge < -0.3 is 15.4 Å². The van der Waals surface area contributed by atoms with E-state index in [1.165, 1.54) is 11.9 Å². The second kappa shape index (κ2) is 12.2. The number of hydrogen-bond acceptors (Lipinski definition) is 3. The molecule has 2 N–H and O–H groups in total. The van der Waals surface area contributed by atoms with Crippen molar-refractivity contribution in [3.05, 3.63) is 29.3 Å². The molecule has 0 spiro atoms. The lowest BCUT2D eigenvalue weighted by molar-refractivity contribution is -0.142. The number of alkyl halides is 3. The Bertz CT molecular complexity index is 567. The van der Waals surface area contributed by atoms with Crippen LogP contribution in [0.4, 0.5) is 13.2 Å². The number of guanidine groups is 1. The molecule has 5 nitrogen and oxygen atoms in total. The lowest BCUT2D eigenvalue weighted by atomic mass is 10.1. The van der Waals surface area contributed by atoms with Crippen molar-refractivity contribution >= 4 is 29.9 Å². The van der Waals surface area contributed by atoms with Gasteiger partial charge in [0.05, 0.1) is 20.2 Å². The van der Waals surface area contributed by atoms with Gasteiger partial charge in [0.1, 0.15) is 5.75 Å². The minimum atomic E-state index is -4.19. The first-order valence-electron chi connectivity index (χ1n) is 8.16. The normalized spacial score (nSPS) is 11.9. The Morgan fingerprint density at radius 3 is 2.54 bits per heavy atom. The molecular weight excluding hydrogens is 460 g/mol. The van der Waals surface area contributed by atoms with Gasteiger partial charge in [0.15, 0.2) is 5.96 Å². The summed E-state index contributed by atoms with van der Waals surface area (Å²) >= 11 is 0. The van der Waals surface area contributed by atoms with Gasteiger partial charge in [-0.3, -0.25) is 4.90 Å². The second-order valence-electron chi connectivity index (χ2n) is 5.79. The fraction of sp³-hybridized carbons (Fsp3) is 0.588. The predicted molar refractivity (Wildman–Crippen MR) is 110 cm³/mol. The smallest absolute Gasteiger partial charge is 0.401 e. The first-order valence-corrected chi connectivity index (χ1v) is 8.16. The SMILES string of the molecule is CCNC(=NCc1ccc(C)cc1OC)NCCN(C)CC(F)(F)F.I. The van der Waals surface area contributed by atoms with Crippen molar-refractivity contribution in [2.75, 3.05) is 40.3 Å². The molecule has 9 heteroatoms. The van der Waals surface area contributed by atoms with E-state index in [-0.39, 0.29) is 30.5 Å². The van der Waals surface area contributed by atoms with Crippen LogP contribution < -0.4 is 15.4 Å². The lowest BCUT2D eigenvalue weighted by Crippen LogP contribution is -2.42. The van der Waals surface area contributed by atoms with Gasteiger partial charge in [-0.2, -0.15) is 13.2 Å². The Hall–Kier alpha value is -1.23. The van der Waals surface area contributed by atoms with Gasteiger partial charge in [-0.05, 0) is 32.5 Å². The number of aliphatic imine (C=N–C) groups is 1. The molecule has 1 aromatic carbocycles. The Balaban J connectivity index is 0.00000625. The number of benzene rings is 1. The van der Waals surface area contributed by atoms with Crippen LogP contribution in [0.15, 0.2) is 23.2 Å². The maximum absolute atomic E-state index is 12.3. The highest BCUT2D eigenvalue weighted by Crippen LogP contribution is 2.20. The van der Waals surface area contributed by atoms with Crippen molar-refractivity contribution in [3.8, 4) is 5.75 Å². The van der Waals surface area contributed by atoms with E-state index in [0.717, 1.165) is 16.9 Å². The average molecular weight is 488 g/mol. The molecule has 0 bridgehead atoms. The van der Waals surface area contributed by atoms with E-state index in [4.69, 9.17) is 4.74 Å². The van der Waals surface area contributed by atoms with E-state index in [2.05, 4.69) is 15.6 Å². The number of hydrogen-bond donors (Lipinski definition) is 2. The van der Waals surface area contributed by atoms with Crippen molar-refractivity contribution in [1.82, 2.24) is 15.5 Å². The van der Waals surface area contributed by atoms with E-state index in [1.54, 1.807) is 7.11 Å². The Labute approximate surface area is 170 Å². The summed E-state index contributed by atoms with van der Waals surface area (Å²) < 4.78 is 42.3. The molecule has 0 saturated heterocycles. The van der Waals surface area contributed by atoms with Crippen LogP contribution in [0.2, 0.25) is 0 Å². The molecule has 0 aromatic heterocycles. The molecule has 150 valence electrons. The number of halogens is 4. The Kier molecular flexibility index (Phi) is 11.6. The molecule has 0 radical (unpaired) electrons. The minimum Gasteiger partial charge on any atom is -0.496 e. The van der Waals surface area contributed by atoms with E-state index in [9.17, 15) is 13.2 Å². The number of nitrogens with one attached hydrogen (secondary N) is 2. The summed E-state index contributed by atoms with van der Waals surface area (Å²) in [5.74, 6) is 1.33. The zero-order valence-electron chi connectivity index (χ0n) is 15.6. The number of methoxy groups -OCH3 is 1. The Morgan fingerprint density at radius 2 is 1.96 bits per heavy atom. The van der Waals surface area contributed by atoms with Crippen LogP contribution >= 0.6 is 24.0 Å². The van der Waals surface area contributed by atoms with Crippen LogP contribution in [-0.4, -0.2) is 57.4 Å². The zero-order chi connectivity index (χ0) is 18.9. The van der Waals surface area contributed by atoms with Gasteiger partial charge in [-0.15, -0.1) is 24.0 Å². The quantitative estimate of drug-likeness (QED) is 0.336. The molecule has 1 rings (SSSR count). The minimum absolute atomic E-state index is 0. The summed E-state index contributed by atoms with van der Waals surface area (Å²) in [5.41, 5.74) is 2.04. The van der Waals surface area contributed by atoms with Gasteiger partial charge in [-0.1, -0.05) is 12.1 Å². The van der Waals surface area contributed by atoms with Gasteiger partial charge >= 0.3 is 6.18 Å². The highest BCUT2D eigenvalue weighted by molar-refractivity contribution is 14.0. The van der Waals surface area contributed by atoms with Crippen molar-refractivity contribution < 1.29 is 17.9 Å². The standard InChI is InChI=1S/C17H27F3N4O.HI/c1-5-21-16(22-8-9-24(3)12-17(18,19)20)23-11-14-7-6-13(2)10-15(14)25-4;/h6-7,10H,5,8-9,11-12H2,1-4H3,(H2,21,22,23);1H. The van der Waals surface area contributed by atoms with Crippen LogP contribution in [0.25, 0.3) is 0 Å². The first-order chi connectivity index (χ1) is 11.7. The van der Waals surface area contributed by atoms with Crippen molar-refractivity contribution in [2.24, 2.45) is 4.99 Å². The van der Waals surface area contributed by atoms with E-state index in [0.29, 0.717) is 25.6 Å². The van der Waals surface area contributed by atoms with Gasteiger partial charge in [0.2, 0.25) is 0 Å². The number of likely N-dealkylation sites (N-methyl/N-ethyl adjacent to an activating group) is 1. The Morgan fingerprint density at radius 1 is 1.27 bits per heavy atom. The highest BCUT2D eigenvalue weighted by atomic mass is 127. The molecule has 0 aliphatic carbocycles. The average Bonchev–Trinajstić information content (AvgIpc) is 2.51. The lowest BCUT2D eigenvalue weighted by Gasteiger charge is -2.19. The molecular formula is C17H28F3IN4O. The van der Waals surface area contributed by atoms with Crippen molar-refractivity contribution in [3.63, 3.8) is 0 Å². The number of nitrogens with zero attached hydrogens (tertiary/aromatic N) is 2. The summed E-state index contributed by atoms with van der Waals surface area (Å²) in [6.45, 7) is 4.69. The second-order valence-corrected chi connectivity index (χ2v) is 5.79. The van der Waals surface area contributed by atoms with Crippen molar-refractivity contribution in [1.29, 1.82) is 0 Å². The molecule has 1 aromatic rings. The number of rotatable bonds is 8. The molecule has 0 aliphatic heterocycles. The largest absolute Gasteiger partial charge is 0.496 e. The molecule has 0 aliphatic rings. The molecule has 0 unspecified atom stereocenters. The summed E-state index contributed by atoms with van der Waals surface area (Å²) in [5, 5.41) is 6.13.